The second kappa shape index (κ2) is 6.91. The molecule has 1 atom stereocenters. The smallest absolute Gasteiger partial charge is 0.123 e. The van der Waals surface area contributed by atoms with Crippen LogP contribution in [0, 0.1) is 12.7 Å². The lowest BCUT2D eigenvalue weighted by Gasteiger charge is -2.13. The van der Waals surface area contributed by atoms with Gasteiger partial charge in [-0.1, -0.05) is 25.1 Å². The van der Waals surface area contributed by atoms with Crippen molar-refractivity contribution in [2.75, 3.05) is 5.75 Å². The molecule has 1 nitrogen and oxygen atoms in total. The molecule has 1 unspecified atom stereocenters. The molecule has 0 bridgehead atoms. The minimum Gasteiger partial charge on any atom is -0.388 e. The third-order valence-electron chi connectivity index (χ3n) is 3.30. The van der Waals surface area contributed by atoms with Crippen LogP contribution in [-0.4, -0.2) is 10.9 Å². The van der Waals surface area contributed by atoms with Crippen molar-refractivity contribution in [2.24, 2.45) is 0 Å². The number of aryl methyl sites for hydroxylation is 1. The summed E-state index contributed by atoms with van der Waals surface area (Å²) < 4.78 is 13.3. The Morgan fingerprint density at radius 3 is 2.50 bits per heavy atom. The van der Waals surface area contributed by atoms with Crippen LogP contribution < -0.4 is 0 Å². The van der Waals surface area contributed by atoms with Gasteiger partial charge in [-0.3, -0.25) is 0 Å². The molecular weight excluding hydrogens is 271 g/mol. The summed E-state index contributed by atoms with van der Waals surface area (Å²) in [7, 11) is 0. The maximum Gasteiger partial charge on any atom is 0.123 e. The summed E-state index contributed by atoms with van der Waals surface area (Å²) in [5, 5.41) is 10.3. The number of rotatable bonds is 5. The fourth-order valence-corrected chi connectivity index (χ4v) is 2.80. The van der Waals surface area contributed by atoms with E-state index in [2.05, 4.69) is 6.92 Å². The van der Waals surface area contributed by atoms with Crippen LogP contribution in [0.3, 0.4) is 0 Å². The Labute approximate surface area is 123 Å². The average Bonchev–Trinajstić information content (AvgIpc) is 2.44. The first-order valence-electron chi connectivity index (χ1n) is 6.76. The molecule has 0 spiro atoms. The first-order chi connectivity index (χ1) is 9.60. The van der Waals surface area contributed by atoms with Gasteiger partial charge in [-0.05, 0) is 53.6 Å². The normalized spacial score (nSPS) is 12.4. The van der Waals surface area contributed by atoms with Gasteiger partial charge in [0.05, 0.1) is 6.10 Å². The molecule has 0 aliphatic carbocycles. The van der Waals surface area contributed by atoms with Crippen LogP contribution in [0.25, 0.3) is 0 Å². The van der Waals surface area contributed by atoms with Crippen molar-refractivity contribution in [3.8, 4) is 0 Å². The Kier molecular flexibility index (Phi) is 5.21. The molecule has 1 N–H and O–H groups in total. The number of halogens is 1. The summed E-state index contributed by atoms with van der Waals surface area (Å²) >= 11 is 1.77. The van der Waals surface area contributed by atoms with Crippen LogP contribution in [-0.2, 0) is 6.42 Å². The largest absolute Gasteiger partial charge is 0.388 e. The molecule has 2 rings (SSSR count). The van der Waals surface area contributed by atoms with Crippen molar-refractivity contribution < 1.29 is 9.50 Å². The van der Waals surface area contributed by atoms with Gasteiger partial charge in [0.15, 0.2) is 0 Å². The highest BCUT2D eigenvalue weighted by molar-refractivity contribution is 7.99. The lowest BCUT2D eigenvalue weighted by molar-refractivity contribution is 0.178. The van der Waals surface area contributed by atoms with Gasteiger partial charge in [0, 0.05) is 11.3 Å². The van der Waals surface area contributed by atoms with E-state index in [0.717, 1.165) is 22.4 Å². The highest BCUT2D eigenvalue weighted by Crippen LogP contribution is 2.24. The van der Waals surface area contributed by atoms with Gasteiger partial charge in [-0.2, -0.15) is 0 Å². The highest BCUT2D eigenvalue weighted by Gasteiger charge is 2.11. The Bertz CT molecular complexity index is 566. The molecule has 0 saturated carbocycles. The van der Waals surface area contributed by atoms with Crippen LogP contribution in [0.15, 0.2) is 47.4 Å². The SMILES string of the molecule is CCSc1ccc(C(O)Cc2cc(F)ccc2C)cc1. The first kappa shape index (κ1) is 15.1. The van der Waals surface area contributed by atoms with E-state index in [0.29, 0.717) is 6.42 Å². The molecule has 0 heterocycles. The van der Waals surface area contributed by atoms with Crippen LogP contribution in [0.5, 0.6) is 0 Å². The summed E-state index contributed by atoms with van der Waals surface area (Å²) in [5.41, 5.74) is 2.72. The molecule has 3 heteroatoms. The van der Waals surface area contributed by atoms with Crippen LogP contribution in [0.4, 0.5) is 4.39 Å². The third-order valence-corrected chi connectivity index (χ3v) is 4.19. The molecule has 0 aromatic heterocycles. The fourth-order valence-electron chi connectivity index (χ4n) is 2.14. The van der Waals surface area contributed by atoms with Gasteiger partial charge in [0.1, 0.15) is 5.82 Å². The Hall–Kier alpha value is -1.32. The number of hydrogen-bond donors (Lipinski definition) is 1. The number of hydrogen-bond acceptors (Lipinski definition) is 2. The molecule has 0 amide bonds. The fraction of sp³-hybridized carbons (Fsp3) is 0.294. The molecule has 0 aliphatic heterocycles. The molecular formula is C17H19FOS. The standard InChI is InChI=1S/C17H19FOS/c1-3-20-16-8-5-13(6-9-16)17(19)11-14-10-15(18)7-4-12(14)2/h4-10,17,19H,3,11H2,1-2H3. The van der Waals surface area contributed by atoms with Crippen molar-refractivity contribution in [3.05, 3.63) is 65.0 Å². The maximum atomic E-state index is 13.3. The van der Waals surface area contributed by atoms with Crippen LogP contribution in [0.2, 0.25) is 0 Å². The van der Waals surface area contributed by atoms with Gasteiger partial charge in [-0.25, -0.2) is 4.39 Å². The average molecular weight is 290 g/mol. The zero-order chi connectivity index (χ0) is 14.5. The Morgan fingerprint density at radius 2 is 1.85 bits per heavy atom. The minimum absolute atomic E-state index is 0.257. The molecule has 0 fully saturated rings. The number of aliphatic hydroxyl groups is 1. The second-order valence-corrected chi connectivity index (χ2v) is 6.13. The van der Waals surface area contributed by atoms with E-state index in [4.69, 9.17) is 0 Å². The van der Waals surface area contributed by atoms with Crippen molar-refractivity contribution in [1.29, 1.82) is 0 Å². The molecule has 0 radical (unpaired) electrons. The Morgan fingerprint density at radius 1 is 1.15 bits per heavy atom. The molecule has 106 valence electrons. The predicted octanol–water partition coefficient (Wildman–Crippen LogP) is 4.52. The zero-order valence-electron chi connectivity index (χ0n) is 11.8. The van der Waals surface area contributed by atoms with Crippen LogP contribution in [0.1, 0.15) is 29.7 Å². The molecule has 20 heavy (non-hydrogen) atoms. The molecule has 0 saturated heterocycles. The van der Waals surface area contributed by atoms with E-state index in [1.54, 1.807) is 17.8 Å². The van der Waals surface area contributed by atoms with E-state index in [9.17, 15) is 9.50 Å². The minimum atomic E-state index is -0.601. The molecule has 0 aliphatic rings. The van der Waals surface area contributed by atoms with Crippen molar-refractivity contribution in [2.45, 2.75) is 31.3 Å². The van der Waals surface area contributed by atoms with Crippen molar-refractivity contribution in [1.82, 2.24) is 0 Å². The van der Waals surface area contributed by atoms with E-state index in [1.807, 2.05) is 31.2 Å². The molecule has 2 aromatic carbocycles. The summed E-state index contributed by atoms with van der Waals surface area (Å²) in [6.07, 6.45) is -0.166. The lowest BCUT2D eigenvalue weighted by atomic mass is 9.98. The lowest BCUT2D eigenvalue weighted by Crippen LogP contribution is -2.03. The van der Waals surface area contributed by atoms with Crippen LogP contribution >= 0.6 is 11.8 Å². The van der Waals surface area contributed by atoms with E-state index in [-0.39, 0.29) is 5.82 Å². The summed E-state index contributed by atoms with van der Waals surface area (Å²) in [6, 6.07) is 12.6. The second-order valence-electron chi connectivity index (χ2n) is 4.79. The van der Waals surface area contributed by atoms with Gasteiger partial charge >= 0.3 is 0 Å². The van der Waals surface area contributed by atoms with Gasteiger partial charge < -0.3 is 5.11 Å². The van der Waals surface area contributed by atoms with E-state index < -0.39 is 6.10 Å². The summed E-state index contributed by atoms with van der Waals surface area (Å²) in [5.74, 6) is 0.775. The van der Waals surface area contributed by atoms with Gasteiger partial charge in [0.2, 0.25) is 0 Å². The first-order valence-corrected chi connectivity index (χ1v) is 7.74. The highest BCUT2D eigenvalue weighted by atomic mass is 32.2. The van der Waals surface area contributed by atoms with Crippen molar-refractivity contribution >= 4 is 11.8 Å². The topological polar surface area (TPSA) is 20.2 Å². The van der Waals surface area contributed by atoms with E-state index >= 15 is 0 Å². The van der Waals surface area contributed by atoms with E-state index in [1.165, 1.54) is 17.0 Å². The maximum absolute atomic E-state index is 13.3. The third kappa shape index (κ3) is 3.84. The summed E-state index contributed by atoms with van der Waals surface area (Å²) in [4.78, 5) is 1.20. The van der Waals surface area contributed by atoms with Gasteiger partial charge in [0.25, 0.3) is 0 Å². The monoisotopic (exact) mass is 290 g/mol. The number of thioether (sulfide) groups is 1. The Balaban J connectivity index is 2.11. The number of aliphatic hydroxyl groups excluding tert-OH is 1. The predicted molar refractivity (Wildman–Crippen MR) is 82.6 cm³/mol. The molecule has 2 aromatic rings. The summed E-state index contributed by atoms with van der Waals surface area (Å²) in [6.45, 7) is 4.04. The zero-order valence-corrected chi connectivity index (χ0v) is 12.6. The van der Waals surface area contributed by atoms with Crippen molar-refractivity contribution in [3.63, 3.8) is 0 Å². The quantitative estimate of drug-likeness (QED) is 0.817. The van der Waals surface area contributed by atoms with Gasteiger partial charge in [-0.15, -0.1) is 11.8 Å². The number of benzene rings is 2.